The number of carboxylic acid groups (broad SMARTS) is 1. The SMILES string of the molecule is CC(NCc1ccccc1)C(N)C(=O)O. The molecule has 0 spiro atoms. The average molecular weight is 208 g/mol. The summed E-state index contributed by atoms with van der Waals surface area (Å²) in [6.45, 7) is 2.39. The number of benzene rings is 1. The molecular formula is C11H16N2O2. The van der Waals surface area contributed by atoms with E-state index in [4.69, 9.17) is 10.8 Å². The summed E-state index contributed by atoms with van der Waals surface area (Å²) < 4.78 is 0. The van der Waals surface area contributed by atoms with Gasteiger partial charge in [0.15, 0.2) is 0 Å². The normalized spacial score (nSPS) is 14.5. The quantitative estimate of drug-likeness (QED) is 0.661. The van der Waals surface area contributed by atoms with Crippen LogP contribution < -0.4 is 11.1 Å². The Labute approximate surface area is 89.1 Å². The van der Waals surface area contributed by atoms with Gasteiger partial charge in [-0.3, -0.25) is 4.79 Å². The molecule has 4 heteroatoms. The highest BCUT2D eigenvalue weighted by atomic mass is 16.4. The van der Waals surface area contributed by atoms with Gasteiger partial charge < -0.3 is 16.2 Å². The highest BCUT2D eigenvalue weighted by Crippen LogP contribution is 1.99. The largest absolute Gasteiger partial charge is 0.480 e. The van der Waals surface area contributed by atoms with Crippen LogP contribution in [0.2, 0.25) is 0 Å². The topological polar surface area (TPSA) is 75.3 Å². The van der Waals surface area contributed by atoms with E-state index in [1.807, 2.05) is 30.3 Å². The summed E-state index contributed by atoms with van der Waals surface area (Å²) in [6, 6.07) is 8.67. The summed E-state index contributed by atoms with van der Waals surface area (Å²) in [5, 5.41) is 11.8. The van der Waals surface area contributed by atoms with E-state index >= 15 is 0 Å². The second-order valence-corrected chi connectivity index (χ2v) is 3.52. The molecule has 0 aliphatic rings. The number of carboxylic acids is 1. The second-order valence-electron chi connectivity index (χ2n) is 3.52. The number of carbonyl (C=O) groups is 1. The van der Waals surface area contributed by atoms with Gasteiger partial charge in [-0.25, -0.2) is 0 Å². The molecule has 0 aliphatic carbocycles. The smallest absolute Gasteiger partial charge is 0.322 e. The van der Waals surface area contributed by atoms with Gasteiger partial charge in [0.05, 0.1) is 0 Å². The van der Waals surface area contributed by atoms with E-state index < -0.39 is 12.0 Å². The number of hydrogen-bond acceptors (Lipinski definition) is 3. The van der Waals surface area contributed by atoms with Crippen molar-refractivity contribution in [1.29, 1.82) is 0 Å². The fraction of sp³-hybridized carbons (Fsp3) is 0.364. The molecule has 0 amide bonds. The molecule has 1 aromatic carbocycles. The molecule has 4 nitrogen and oxygen atoms in total. The monoisotopic (exact) mass is 208 g/mol. The molecule has 1 rings (SSSR count). The van der Waals surface area contributed by atoms with Crippen LogP contribution in [0.15, 0.2) is 30.3 Å². The van der Waals surface area contributed by atoms with E-state index in [-0.39, 0.29) is 6.04 Å². The molecule has 0 bridgehead atoms. The van der Waals surface area contributed by atoms with Crippen molar-refractivity contribution in [3.63, 3.8) is 0 Å². The first-order chi connectivity index (χ1) is 7.11. The van der Waals surface area contributed by atoms with Gasteiger partial charge in [0.25, 0.3) is 0 Å². The molecule has 2 unspecified atom stereocenters. The van der Waals surface area contributed by atoms with Gasteiger partial charge in [-0.1, -0.05) is 30.3 Å². The molecule has 4 N–H and O–H groups in total. The van der Waals surface area contributed by atoms with Crippen LogP contribution in [0.3, 0.4) is 0 Å². The first kappa shape index (κ1) is 11.7. The number of rotatable bonds is 5. The summed E-state index contributed by atoms with van der Waals surface area (Å²) in [7, 11) is 0. The standard InChI is InChI=1S/C11H16N2O2/c1-8(10(12)11(14)15)13-7-9-5-3-2-4-6-9/h2-6,8,10,13H,7,12H2,1H3,(H,14,15). The minimum atomic E-state index is -0.983. The van der Waals surface area contributed by atoms with Gasteiger partial charge in [-0.05, 0) is 12.5 Å². The van der Waals surface area contributed by atoms with Gasteiger partial charge in [0.2, 0.25) is 0 Å². The lowest BCUT2D eigenvalue weighted by Crippen LogP contribution is -2.47. The first-order valence-electron chi connectivity index (χ1n) is 4.87. The summed E-state index contributed by atoms with van der Waals surface area (Å²) >= 11 is 0. The van der Waals surface area contributed by atoms with E-state index in [1.165, 1.54) is 0 Å². The molecule has 0 aliphatic heterocycles. The Hall–Kier alpha value is -1.39. The molecular weight excluding hydrogens is 192 g/mol. The highest BCUT2D eigenvalue weighted by Gasteiger charge is 2.18. The Morgan fingerprint density at radius 1 is 1.47 bits per heavy atom. The second kappa shape index (κ2) is 5.48. The molecule has 2 atom stereocenters. The van der Waals surface area contributed by atoms with Crippen LogP contribution in [0.25, 0.3) is 0 Å². The third-order valence-electron chi connectivity index (χ3n) is 2.29. The lowest BCUT2D eigenvalue weighted by Gasteiger charge is -2.17. The fourth-order valence-electron chi connectivity index (χ4n) is 1.22. The Morgan fingerprint density at radius 3 is 2.60 bits per heavy atom. The van der Waals surface area contributed by atoms with Gasteiger partial charge >= 0.3 is 5.97 Å². The lowest BCUT2D eigenvalue weighted by molar-refractivity contribution is -0.139. The third kappa shape index (κ3) is 3.69. The van der Waals surface area contributed by atoms with Crippen LogP contribution in [-0.2, 0) is 11.3 Å². The van der Waals surface area contributed by atoms with Crippen molar-refractivity contribution < 1.29 is 9.90 Å². The van der Waals surface area contributed by atoms with Gasteiger partial charge in [0.1, 0.15) is 6.04 Å². The van der Waals surface area contributed by atoms with E-state index in [0.29, 0.717) is 6.54 Å². The predicted octanol–water partition coefficient (Wildman–Crippen LogP) is 0.577. The number of nitrogens with two attached hydrogens (primary N) is 1. The van der Waals surface area contributed by atoms with Crippen molar-refractivity contribution in [2.24, 2.45) is 5.73 Å². The zero-order chi connectivity index (χ0) is 11.3. The molecule has 1 aromatic rings. The van der Waals surface area contributed by atoms with Crippen LogP contribution >= 0.6 is 0 Å². The van der Waals surface area contributed by atoms with E-state index in [9.17, 15) is 4.79 Å². The minimum Gasteiger partial charge on any atom is -0.480 e. The molecule has 0 saturated heterocycles. The molecule has 82 valence electrons. The lowest BCUT2D eigenvalue weighted by atomic mass is 10.1. The van der Waals surface area contributed by atoms with Crippen molar-refractivity contribution in [3.05, 3.63) is 35.9 Å². The summed E-state index contributed by atoms with van der Waals surface area (Å²) in [4.78, 5) is 10.6. The Bertz CT molecular complexity index is 314. The third-order valence-corrected chi connectivity index (χ3v) is 2.29. The number of nitrogens with one attached hydrogen (secondary N) is 1. The fourth-order valence-corrected chi connectivity index (χ4v) is 1.22. The highest BCUT2D eigenvalue weighted by molar-refractivity contribution is 5.74. The van der Waals surface area contributed by atoms with E-state index in [2.05, 4.69) is 5.32 Å². The van der Waals surface area contributed by atoms with Crippen LogP contribution in [0, 0.1) is 0 Å². The zero-order valence-corrected chi connectivity index (χ0v) is 8.68. The first-order valence-corrected chi connectivity index (χ1v) is 4.87. The van der Waals surface area contributed by atoms with Crippen LogP contribution in [0.5, 0.6) is 0 Å². The maximum atomic E-state index is 10.6. The van der Waals surface area contributed by atoms with Crippen molar-refractivity contribution in [1.82, 2.24) is 5.32 Å². The summed E-state index contributed by atoms with van der Waals surface area (Å²) in [6.07, 6.45) is 0. The molecule has 0 radical (unpaired) electrons. The van der Waals surface area contributed by atoms with Crippen molar-refractivity contribution in [3.8, 4) is 0 Å². The van der Waals surface area contributed by atoms with Crippen molar-refractivity contribution in [2.75, 3.05) is 0 Å². The van der Waals surface area contributed by atoms with E-state index in [1.54, 1.807) is 6.92 Å². The molecule has 15 heavy (non-hydrogen) atoms. The van der Waals surface area contributed by atoms with Crippen molar-refractivity contribution in [2.45, 2.75) is 25.6 Å². The van der Waals surface area contributed by atoms with Crippen molar-refractivity contribution >= 4 is 5.97 Å². The Morgan fingerprint density at radius 2 is 2.07 bits per heavy atom. The van der Waals surface area contributed by atoms with Gasteiger partial charge in [0, 0.05) is 12.6 Å². The van der Waals surface area contributed by atoms with Crippen LogP contribution in [-0.4, -0.2) is 23.2 Å². The zero-order valence-electron chi connectivity index (χ0n) is 8.68. The van der Waals surface area contributed by atoms with E-state index in [0.717, 1.165) is 5.56 Å². The molecule has 0 aromatic heterocycles. The molecule has 0 saturated carbocycles. The van der Waals surface area contributed by atoms with Gasteiger partial charge in [-0.15, -0.1) is 0 Å². The Kier molecular flexibility index (Phi) is 4.27. The average Bonchev–Trinajstić information content (AvgIpc) is 2.26. The van der Waals surface area contributed by atoms with Crippen LogP contribution in [0.4, 0.5) is 0 Å². The van der Waals surface area contributed by atoms with Gasteiger partial charge in [-0.2, -0.15) is 0 Å². The molecule has 0 fully saturated rings. The predicted molar refractivity (Wildman–Crippen MR) is 58.4 cm³/mol. The molecule has 0 heterocycles. The summed E-state index contributed by atoms with van der Waals surface area (Å²) in [5.41, 5.74) is 6.58. The van der Waals surface area contributed by atoms with Crippen LogP contribution in [0.1, 0.15) is 12.5 Å². The maximum Gasteiger partial charge on any atom is 0.322 e. The summed E-state index contributed by atoms with van der Waals surface area (Å²) in [5.74, 6) is -0.983. The number of aliphatic carboxylic acids is 1. The Balaban J connectivity index is 2.41. The minimum absolute atomic E-state index is 0.247. The maximum absolute atomic E-state index is 10.6. The number of hydrogen-bond donors (Lipinski definition) is 3.